The molecule has 1 saturated heterocycles. The number of carbonyl (C=O) groups is 2. The van der Waals surface area contributed by atoms with E-state index in [2.05, 4.69) is 21.2 Å². The molecule has 108 valence electrons. The highest BCUT2D eigenvalue weighted by Gasteiger charge is 2.24. The Kier molecular flexibility index (Phi) is 4.93. The standard InChI is InChI=1S/C13H15BrN2O3S/c1-8-7-20-5-4-16(8)13(19)15-11-3-2-9(14)6-10(11)12(17)18/h2-3,6,8H,4-5,7H2,1H3,(H,15,19)(H,17,18). The molecule has 0 spiro atoms. The summed E-state index contributed by atoms with van der Waals surface area (Å²) in [6.45, 7) is 2.67. The lowest BCUT2D eigenvalue weighted by atomic mass is 10.2. The highest BCUT2D eigenvalue weighted by atomic mass is 79.9. The van der Waals surface area contributed by atoms with Gasteiger partial charge in [-0.25, -0.2) is 9.59 Å². The minimum atomic E-state index is -1.07. The van der Waals surface area contributed by atoms with Crippen LogP contribution in [0.5, 0.6) is 0 Å². The average Bonchev–Trinajstić information content (AvgIpc) is 2.41. The molecule has 2 amide bonds. The summed E-state index contributed by atoms with van der Waals surface area (Å²) < 4.78 is 0.663. The van der Waals surface area contributed by atoms with Gasteiger partial charge in [-0.1, -0.05) is 15.9 Å². The maximum Gasteiger partial charge on any atom is 0.337 e. The topological polar surface area (TPSA) is 69.6 Å². The van der Waals surface area contributed by atoms with Crippen molar-refractivity contribution in [2.75, 3.05) is 23.4 Å². The maximum atomic E-state index is 12.2. The summed E-state index contributed by atoms with van der Waals surface area (Å²) in [5.74, 6) is 0.743. The van der Waals surface area contributed by atoms with Gasteiger partial charge in [0.05, 0.1) is 11.3 Å². The van der Waals surface area contributed by atoms with E-state index in [0.29, 0.717) is 16.7 Å². The second-order valence-electron chi connectivity index (χ2n) is 4.54. The number of carbonyl (C=O) groups excluding carboxylic acids is 1. The van der Waals surface area contributed by atoms with Gasteiger partial charge in [0.25, 0.3) is 0 Å². The molecule has 7 heteroatoms. The molecule has 2 rings (SSSR count). The molecule has 1 unspecified atom stereocenters. The van der Waals surface area contributed by atoms with Crippen molar-refractivity contribution >= 4 is 45.4 Å². The number of halogens is 1. The fraction of sp³-hybridized carbons (Fsp3) is 0.385. The summed E-state index contributed by atoms with van der Waals surface area (Å²) in [6, 6.07) is 4.68. The molecule has 5 nitrogen and oxygen atoms in total. The Balaban J connectivity index is 2.17. The van der Waals surface area contributed by atoms with Crippen molar-refractivity contribution in [1.29, 1.82) is 0 Å². The predicted octanol–water partition coefficient (Wildman–Crippen LogP) is 3.12. The molecule has 0 radical (unpaired) electrons. The van der Waals surface area contributed by atoms with Crippen molar-refractivity contribution in [3.05, 3.63) is 28.2 Å². The van der Waals surface area contributed by atoms with Crippen LogP contribution in [0.2, 0.25) is 0 Å². The summed E-state index contributed by atoms with van der Waals surface area (Å²) >= 11 is 5.05. The van der Waals surface area contributed by atoms with Crippen LogP contribution < -0.4 is 5.32 Å². The van der Waals surface area contributed by atoms with E-state index in [-0.39, 0.29) is 17.6 Å². The minimum Gasteiger partial charge on any atom is -0.478 e. The number of hydrogen-bond acceptors (Lipinski definition) is 3. The van der Waals surface area contributed by atoms with E-state index < -0.39 is 5.97 Å². The first-order valence-corrected chi connectivity index (χ1v) is 8.12. The van der Waals surface area contributed by atoms with Crippen LogP contribution in [-0.2, 0) is 0 Å². The van der Waals surface area contributed by atoms with Gasteiger partial charge in [-0.2, -0.15) is 11.8 Å². The third-order valence-electron chi connectivity index (χ3n) is 3.08. The Morgan fingerprint density at radius 3 is 2.90 bits per heavy atom. The highest BCUT2D eigenvalue weighted by Crippen LogP contribution is 2.23. The van der Waals surface area contributed by atoms with Crippen molar-refractivity contribution in [3.63, 3.8) is 0 Å². The van der Waals surface area contributed by atoms with E-state index in [0.717, 1.165) is 11.5 Å². The minimum absolute atomic E-state index is 0.0757. The van der Waals surface area contributed by atoms with Crippen molar-refractivity contribution in [1.82, 2.24) is 4.90 Å². The Morgan fingerprint density at radius 1 is 1.50 bits per heavy atom. The third kappa shape index (κ3) is 3.46. The number of benzene rings is 1. The molecule has 0 aromatic heterocycles. The summed E-state index contributed by atoms with van der Waals surface area (Å²) in [7, 11) is 0. The van der Waals surface area contributed by atoms with E-state index in [4.69, 9.17) is 0 Å². The van der Waals surface area contributed by atoms with E-state index in [1.807, 2.05) is 18.7 Å². The van der Waals surface area contributed by atoms with Crippen LogP contribution in [0.3, 0.4) is 0 Å². The number of carboxylic acid groups (broad SMARTS) is 1. The van der Waals surface area contributed by atoms with Crippen LogP contribution in [0.4, 0.5) is 10.5 Å². The van der Waals surface area contributed by atoms with E-state index in [1.165, 1.54) is 6.07 Å². The van der Waals surface area contributed by atoms with Gasteiger partial charge < -0.3 is 15.3 Å². The second-order valence-corrected chi connectivity index (χ2v) is 6.61. The molecule has 1 aliphatic heterocycles. The number of carboxylic acids is 1. The Labute approximate surface area is 129 Å². The molecule has 1 fully saturated rings. The van der Waals surface area contributed by atoms with Gasteiger partial charge >= 0.3 is 12.0 Å². The van der Waals surface area contributed by atoms with Crippen LogP contribution >= 0.6 is 27.7 Å². The first-order chi connectivity index (χ1) is 9.49. The highest BCUT2D eigenvalue weighted by molar-refractivity contribution is 9.10. The van der Waals surface area contributed by atoms with Crippen molar-refractivity contribution in [2.45, 2.75) is 13.0 Å². The normalized spacial score (nSPS) is 18.7. The number of urea groups is 1. The number of anilines is 1. The van der Waals surface area contributed by atoms with E-state index in [1.54, 1.807) is 17.0 Å². The molecule has 2 N–H and O–H groups in total. The molecule has 1 aliphatic rings. The molecule has 20 heavy (non-hydrogen) atoms. The summed E-state index contributed by atoms with van der Waals surface area (Å²) in [5.41, 5.74) is 0.392. The van der Waals surface area contributed by atoms with Crippen molar-refractivity contribution in [3.8, 4) is 0 Å². The largest absolute Gasteiger partial charge is 0.478 e. The van der Waals surface area contributed by atoms with E-state index in [9.17, 15) is 14.7 Å². The number of nitrogens with one attached hydrogen (secondary N) is 1. The molecule has 1 aromatic rings. The van der Waals surface area contributed by atoms with Crippen LogP contribution in [-0.4, -0.2) is 46.1 Å². The summed E-state index contributed by atoms with van der Waals surface area (Å²) in [5, 5.41) is 11.9. The quantitative estimate of drug-likeness (QED) is 0.851. The zero-order valence-corrected chi connectivity index (χ0v) is 13.3. The SMILES string of the molecule is CC1CSCCN1C(=O)Nc1ccc(Br)cc1C(=O)O. The predicted molar refractivity (Wildman–Crippen MR) is 83.6 cm³/mol. The lowest BCUT2D eigenvalue weighted by Crippen LogP contribution is -2.46. The molecular weight excluding hydrogens is 344 g/mol. The summed E-state index contributed by atoms with van der Waals surface area (Å²) in [4.78, 5) is 25.2. The van der Waals surface area contributed by atoms with Gasteiger partial charge in [-0.3, -0.25) is 0 Å². The van der Waals surface area contributed by atoms with E-state index >= 15 is 0 Å². The lowest BCUT2D eigenvalue weighted by molar-refractivity contribution is 0.0698. The molecule has 0 bridgehead atoms. The van der Waals surface area contributed by atoms with Crippen molar-refractivity contribution in [2.24, 2.45) is 0 Å². The van der Waals surface area contributed by atoms with Crippen LogP contribution in [0.15, 0.2) is 22.7 Å². The molecule has 0 aliphatic carbocycles. The number of amides is 2. The molecule has 1 atom stereocenters. The van der Waals surface area contributed by atoms with Crippen LogP contribution in [0, 0.1) is 0 Å². The zero-order chi connectivity index (χ0) is 14.7. The van der Waals surface area contributed by atoms with Gasteiger partial charge in [0, 0.05) is 28.6 Å². The molecule has 1 aromatic carbocycles. The smallest absolute Gasteiger partial charge is 0.337 e. The first-order valence-electron chi connectivity index (χ1n) is 6.17. The molecular formula is C13H15BrN2O3S. The van der Waals surface area contributed by atoms with Crippen LogP contribution in [0.25, 0.3) is 0 Å². The van der Waals surface area contributed by atoms with Crippen LogP contribution in [0.1, 0.15) is 17.3 Å². The average molecular weight is 359 g/mol. The Hall–Kier alpha value is -1.21. The zero-order valence-electron chi connectivity index (χ0n) is 10.9. The lowest BCUT2D eigenvalue weighted by Gasteiger charge is -2.33. The number of thioether (sulfide) groups is 1. The Morgan fingerprint density at radius 2 is 2.25 bits per heavy atom. The third-order valence-corrected chi connectivity index (χ3v) is 4.76. The van der Waals surface area contributed by atoms with Gasteiger partial charge in [0.2, 0.25) is 0 Å². The van der Waals surface area contributed by atoms with Gasteiger partial charge in [-0.05, 0) is 25.1 Å². The van der Waals surface area contributed by atoms with Crippen molar-refractivity contribution < 1.29 is 14.7 Å². The monoisotopic (exact) mass is 358 g/mol. The van der Waals surface area contributed by atoms with Gasteiger partial charge in [0.1, 0.15) is 0 Å². The maximum absolute atomic E-state index is 12.2. The van der Waals surface area contributed by atoms with Gasteiger partial charge in [-0.15, -0.1) is 0 Å². The molecule has 1 heterocycles. The number of aromatic carboxylic acids is 1. The second kappa shape index (κ2) is 6.49. The Bertz CT molecular complexity index is 538. The number of hydrogen-bond donors (Lipinski definition) is 2. The summed E-state index contributed by atoms with van der Waals surface area (Å²) in [6.07, 6.45) is 0. The fourth-order valence-corrected chi connectivity index (χ4v) is 3.39. The first kappa shape index (κ1) is 15.2. The fourth-order valence-electron chi connectivity index (χ4n) is 2.02. The molecule has 0 saturated carbocycles. The number of nitrogens with zero attached hydrogens (tertiary/aromatic N) is 1. The van der Waals surface area contributed by atoms with Gasteiger partial charge in [0.15, 0.2) is 0 Å². The number of rotatable bonds is 2.